The lowest BCUT2D eigenvalue weighted by atomic mass is 9.97. The molecule has 6 nitrogen and oxygen atoms in total. The molecule has 1 N–H and O–H groups in total. The van der Waals surface area contributed by atoms with Crippen molar-refractivity contribution in [3.8, 4) is 17.1 Å². The summed E-state index contributed by atoms with van der Waals surface area (Å²) in [5.41, 5.74) is 4.07. The van der Waals surface area contributed by atoms with Gasteiger partial charge in [-0.15, -0.1) is 10.2 Å². The number of carbonyl (C=O) groups excluding carboxylic acids is 1. The molecule has 0 spiro atoms. The zero-order chi connectivity index (χ0) is 23.9. The predicted molar refractivity (Wildman–Crippen MR) is 137 cm³/mol. The van der Waals surface area contributed by atoms with Gasteiger partial charge in [0.1, 0.15) is 0 Å². The third-order valence-corrected chi connectivity index (χ3v) is 6.42. The van der Waals surface area contributed by atoms with Crippen LogP contribution < -0.4 is 5.32 Å². The van der Waals surface area contributed by atoms with Gasteiger partial charge in [0.15, 0.2) is 11.0 Å². The van der Waals surface area contributed by atoms with Gasteiger partial charge < -0.3 is 5.32 Å². The molecule has 174 valence electrons. The van der Waals surface area contributed by atoms with E-state index in [-0.39, 0.29) is 17.7 Å². The number of aromatic nitrogens is 4. The van der Waals surface area contributed by atoms with Crippen LogP contribution in [0.4, 0.5) is 0 Å². The number of rotatable bonds is 9. The minimum atomic E-state index is -0.0261. The molecule has 1 atom stereocenters. The number of pyridine rings is 1. The van der Waals surface area contributed by atoms with E-state index in [1.54, 1.807) is 12.4 Å². The van der Waals surface area contributed by atoms with E-state index < -0.39 is 0 Å². The third-order valence-electron chi connectivity index (χ3n) is 5.49. The number of hydrogen-bond acceptors (Lipinski definition) is 5. The van der Waals surface area contributed by atoms with Crippen molar-refractivity contribution >= 4 is 17.7 Å². The summed E-state index contributed by atoms with van der Waals surface area (Å²) in [6.45, 7) is 6.39. The smallest absolute Gasteiger partial charge is 0.230 e. The molecule has 2 heterocycles. The summed E-state index contributed by atoms with van der Waals surface area (Å²) in [5.74, 6) is 1.39. The number of thioether (sulfide) groups is 1. The Morgan fingerprint density at radius 1 is 1.00 bits per heavy atom. The SMILES string of the molecule is Cc1ccccc1-n1c(SCC(=O)NC(CC(C)C)c2ccccc2)nnc1-c1cccnc1. The van der Waals surface area contributed by atoms with Crippen LogP contribution in [0.3, 0.4) is 0 Å². The van der Waals surface area contributed by atoms with E-state index in [0.29, 0.717) is 16.9 Å². The number of carbonyl (C=O) groups is 1. The fourth-order valence-corrected chi connectivity index (χ4v) is 4.63. The Morgan fingerprint density at radius 2 is 1.76 bits per heavy atom. The van der Waals surface area contributed by atoms with Gasteiger partial charge in [-0.1, -0.05) is 74.1 Å². The van der Waals surface area contributed by atoms with Gasteiger partial charge in [-0.25, -0.2) is 0 Å². The van der Waals surface area contributed by atoms with Crippen LogP contribution in [0, 0.1) is 12.8 Å². The summed E-state index contributed by atoms with van der Waals surface area (Å²) in [6, 6.07) is 22.1. The standard InChI is InChI=1S/C27H29N5OS/c1-19(2)16-23(21-11-5-4-6-12-21)29-25(33)18-34-27-31-30-26(22-13-9-15-28-17-22)32(27)24-14-8-7-10-20(24)3/h4-15,17,19,23H,16,18H2,1-3H3,(H,29,33). The maximum Gasteiger partial charge on any atom is 0.230 e. The van der Waals surface area contributed by atoms with Crippen LogP contribution in [-0.2, 0) is 4.79 Å². The van der Waals surface area contributed by atoms with Crippen molar-refractivity contribution in [1.29, 1.82) is 0 Å². The number of para-hydroxylation sites is 1. The van der Waals surface area contributed by atoms with Gasteiger partial charge >= 0.3 is 0 Å². The first-order valence-corrected chi connectivity index (χ1v) is 12.4. The predicted octanol–water partition coefficient (Wildman–Crippen LogP) is 5.63. The van der Waals surface area contributed by atoms with Crippen molar-refractivity contribution in [2.75, 3.05) is 5.75 Å². The molecule has 7 heteroatoms. The second-order valence-corrected chi connectivity index (χ2v) is 9.56. The average Bonchev–Trinajstić information content (AvgIpc) is 3.27. The summed E-state index contributed by atoms with van der Waals surface area (Å²) in [4.78, 5) is 17.2. The summed E-state index contributed by atoms with van der Waals surface area (Å²) in [5, 5.41) is 12.8. The second kappa shape index (κ2) is 11.1. The highest BCUT2D eigenvalue weighted by molar-refractivity contribution is 7.99. The topological polar surface area (TPSA) is 72.7 Å². The van der Waals surface area contributed by atoms with Gasteiger partial charge in [-0.2, -0.15) is 0 Å². The summed E-state index contributed by atoms with van der Waals surface area (Å²) >= 11 is 1.39. The molecule has 1 unspecified atom stereocenters. The first kappa shape index (κ1) is 23.7. The fraction of sp³-hybridized carbons (Fsp3) is 0.259. The number of nitrogens with zero attached hydrogens (tertiary/aromatic N) is 4. The highest BCUT2D eigenvalue weighted by atomic mass is 32.2. The molecule has 34 heavy (non-hydrogen) atoms. The molecule has 0 radical (unpaired) electrons. The first-order chi connectivity index (χ1) is 16.5. The first-order valence-electron chi connectivity index (χ1n) is 11.4. The lowest BCUT2D eigenvalue weighted by molar-refractivity contribution is -0.119. The zero-order valence-electron chi connectivity index (χ0n) is 19.7. The van der Waals surface area contributed by atoms with E-state index in [1.807, 2.05) is 53.1 Å². The molecule has 0 aliphatic heterocycles. The van der Waals surface area contributed by atoms with Crippen molar-refractivity contribution in [2.45, 2.75) is 38.4 Å². The molecule has 0 aliphatic carbocycles. The Balaban J connectivity index is 1.56. The quantitative estimate of drug-likeness (QED) is 0.320. The van der Waals surface area contributed by atoms with E-state index in [9.17, 15) is 4.79 Å². The Labute approximate surface area is 204 Å². The number of nitrogens with one attached hydrogen (secondary N) is 1. The van der Waals surface area contributed by atoms with Crippen LogP contribution in [-0.4, -0.2) is 31.4 Å². The van der Waals surface area contributed by atoms with Gasteiger partial charge in [0.05, 0.1) is 17.5 Å². The molecule has 2 aromatic carbocycles. The van der Waals surface area contributed by atoms with Crippen molar-refractivity contribution < 1.29 is 4.79 Å². The number of amides is 1. The Morgan fingerprint density at radius 3 is 2.47 bits per heavy atom. The van der Waals surface area contributed by atoms with Gasteiger partial charge in [0, 0.05) is 18.0 Å². The minimum absolute atomic E-state index is 0.0190. The summed E-state index contributed by atoms with van der Waals surface area (Å²) in [7, 11) is 0. The van der Waals surface area contributed by atoms with Crippen molar-refractivity contribution in [3.05, 3.63) is 90.3 Å². The maximum atomic E-state index is 13.0. The molecule has 0 saturated carbocycles. The lowest BCUT2D eigenvalue weighted by Crippen LogP contribution is -2.31. The maximum absolute atomic E-state index is 13.0. The molecule has 4 rings (SSSR count). The molecule has 0 bridgehead atoms. The second-order valence-electron chi connectivity index (χ2n) is 8.62. The monoisotopic (exact) mass is 471 g/mol. The van der Waals surface area contributed by atoms with Crippen LogP contribution in [0.2, 0.25) is 0 Å². The molecule has 0 aliphatic rings. The van der Waals surface area contributed by atoms with Crippen LogP contribution in [0.15, 0.2) is 84.3 Å². The van der Waals surface area contributed by atoms with Gasteiger partial charge in [0.2, 0.25) is 5.91 Å². The Hall–Kier alpha value is -3.45. The van der Waals surface area contributed by atoms with E-state index >= 15 is 0 Å². The van der Waals surface area contributed by atoms with Gasteiger partial charge in [-0.05, 0) is 48.6 Å². The molecule has 1 amide bonds. The van der Waals surface area contributed by atoms with Crippen LogP contribution in [0.1, 0.15) is 37.4 Å². The highest BCUT2D eigenvalue weighted by Gasteiger charge is 2.20. The number of benzene rings is 2. The summed E-state index contributed by atoms with van der Waals surface area (Å²) in [6.07, 6.45) is 4.39. The molecule has 0 saturated heterocycles. The fourth-order valence-electron chi connectivity index (χ4n) is 3.88. The van der Waals surface area contributed by atoms with Crippen molar-refractivity contribution in [1.82, 2.24) is 25.1 Å². The van der Waals surface area contributed by atoms with Crippen molar-refractivity contribution in [2.24, 2.45) is 5.92 Å². The molecular formula is C27H29N5OS. The van der Waals surface area contributed by atoms with Gasteiger partial charge in [0.25, 0.3) is 0 Å². The number of aryl methyl sites for hydroxylation is 1. The van der Waals surface area contributed by atoms with E-state index in [1.165, 1.54) is 11.8 Å². The van der Waals surface area contributed by atoms with Crippen LogP contribution >= 0.6 is 11.8 Å². The molecule has 4 aromatic rings. The van der Waals surface area contributed by atoms with E-state index in [2.05, 4.69) is 59.5 Å². The lowest BCUT2D eigenvalue weighted by Gasteiger charge is -2.21. The minimum Gasteiger partial charge on any atom is -0.349 e. The zero-order valence-corrected chi connectivity index (χ0v) is 20.5. The highest BCUT2D eigenvalue weighted by Crippen LogP contribution is 2.29. The number of hydrogen-bond donors (Lipinski definition) is 1. The molecule has 0 fully saturated rings. The van der Waals surface area contributed by atoms with Crippen LogP contribution in [0.5, 0.6) is 0 Å². The van der Waals surface area contributed by atoms with Gasteiger partial charge in [-0.3, -0.25) is 14.3 Å². The Bertz CT molecular complexity index is 1220. The molecular weight excluding hydrogens is 442 g/mol. The normalized spacial score (nSPS) is 12.0. The van der Waals surface area contributed by atoms with Crippen LogP contribution in [0.25, 0.3) is 17.1 Å². The van der Waals surface area contributed by atoms with E-state index in [4.69, 9.17) is 0 Å². The third kappa shape index (κ3) is 5.72. The summed E-state index contributed by atoms with van der Waals surface area (Å²) < 4.78 is 2.01. The largest absolute Gasteiger partial charge is 0.349 e. The van der Waals surface area contributed by atoms with Crippen molar-refractivity contribution in [3.63, 3.8) is 0 Å². The average molecular weight is 472 g/mol. The van der Waals surface area contributed by atoms with E-state index in [0.717, 1.165) is 28.8 Å². The molecule has 2 aromatic heterocycles. The Kier molecular flexibility index (Phi) is 7.75.